The Morgan fingerprint density at radius 2 is 2.04 bits per heavy atom. The number of piperazine rings is 1. The van der Waals surface area contributed by atoms with E-state index in [4.69, 9.17) is 21.3 Å². The molecule has 0 spiro atoms. The molecule has 0 atom stereocenters. The molecule has 0 amide bonds. The summed E-state index contributed by atoms with van der Waals surface area (Å²) >= 11 is 6.28. The van der Waals surface area contributed by atoms with Crippen molar-refractivity contribution in [1.82, 2.24) is 14.7 Å². The van der Waals surface area contributed by atoms with Gasteiger partial charge < -0.3 is 24.5 Å². The smallest absolute Gasteiger partial charge is 0.137 e. The van der Waals surface area contributed by atoms with Crippen LogP contribution in [0.3, 0.4) is 0 Å². The predicted molar refractivity (Wildman–Crippen MR) is 103 cm³/mol. The number of nitrogens with one attached hydrogen (secondary N) is 1. The van der Waals surface area contributed by atoms with Gasteiger partial charge in [0.05, 0.1) is 30.1 Å². The van der Waals surface area contributed by atoms with E-state index in [0.29, 0.717) is 10.8 Å². The number of aliphatic hydroxyl groups excluding tert-OH is 1. The zero-order valence-electron chi connectivity index (χ0n) is 14.6. The molecule has 7 heteroatoms. The highest BCUT2D eigenvalue weighted by Crippen LogP contribution is 2.34. The number of fused-ring (bicyclic) bond motifs is 1. The molecular formula is C19H21ClN4O2. The zero-order chi connectivity index (χ0) is 18.1. The Bertz CT molecular complexity index is 935. The molecular weight excluding hydrogens is 352 g/mol. The van der Waals surface area contributed by atoms with Gasteiger partial charge in [0.25, 0.3) is 0 Å². The Kier molecular flexibility index (Phi) is 4.72. The SMILES string of the molecule is COc1cc(CO)c(-c2cn3cc(N4CCNCC4)ccc3n2)cc1Cl. The number of aliphatic hydroxyl groups is 1. The summed E-state index contributed by atoms with van der Waals surface area (Å²) < 4.78 is 7.26. The normalized spacial score (nSPS) is 14.8. The summed E-state index contributed by atoms with van der Waals surface area (Å²) in [4.78, 5) is 7.06. The van der Waals surface area contributed by atoms with Crippen LogP contribution in [0.1, 0.15) is 5.56 Å². The number of hydrogen-bond acceptors (Lipinski definition) is 5. The van der Waals surface area contributed by atoms with Gasteiger partial charge in [0.2, 0.25) is 0 Å². The Balaban J connectivity index is 1.74. The molecule has 3 heterocycles. The molecule has 0 bridgehead atoms. The average molecular weight is 373 g/mol. The van der Waals surface area contributed by atoms with Crippen LogP contribution in [0, 0.1) is 0 Å². The quantitative estimate of drug-likeness (QED) is 0.737. The van der Waals surface area contributed by atoms with Gasteiger partial charge in [-0.1, -0.05) is 11.6 Å². The molecule has 1 saturated heterocycles. The number of imidazole rings is 1. The third kappa shape index (κ3) is 3.11. The van der Waals surface area contributed by atoms with Gasteiger partial charge in [-0.05, 0) is 29.8 Å². The Hall–Kier alpha value is -2.28. The van der Waals surface area contributed by atoms with Gasteiger partial charge in [0.15, 0.2) is 0 Å². The van der Waals surface area contributed by atoms with Crippen LogP contribution in [0.2, 0.25) is 5.02 Å². The molecule has 2 N–H and O–H groups in total. The topological polar surface area (TPSA) is 62.0 Å². The van der Waals surface area contributed by atoms with E-state index >= 15 is 0 Å². The van der Waals surface area contributed by atoms with Gasteiger partial charge in [-0.15, -0.1) is 0 Å². The summed E-state index contributed by atoms with van der Waals surface area (Å²) in [5.41, 5.74) is 4.35. The molecule has 6 nitrogen and oxygen atoms in total. The van der Waals surface area contributed by atoms with Gasteiger partial charge in [0.1, 0.15) is 11.4 Å². The van der Waals surface area contributed by atoms with Crippen molar-refractivity contribution in [3.63, 3.8) is 0 Å². The molecule has 1 aliphatic rings. The summed E-state index contributed by atoms with van der Waals surface area (Å²) in [7, 11) is 1.56. The summed E-state index contributed by atoms with van der Waals surface area (Å²) in [6.45, 7) is 3.88. The number of nitrogens with zero attached hydrogens (tertiary/aromatic N) is 3. The number of methoxy groups -OCH3 is 1. The Morgan fingerprint density at radius 1 is 1.23 bits per heavy atom. The third-order valence-corrected chi connectivity index (χ3v) is 5.04. The van der Waals surface area contributed by atoms with Gasteiger partial charge in [-0.2, -0.15) is 0 Å². The van der Waals surface area contributed by atoms with Crippen molar-refractivity contribution < 1.29 is 9.84 Å². The second kappa shape index (κ2) is 7.15. The van der Waals surface area contributed by atoms with E-state index < -0.39 is 0 Å². The Morgan fingerprint density at radius 3 is 2.77 bits per heavy atom. The lowest BCUT2D eigenvalue weighted by atomic mass is 10.1. The molecule has 2 aromatic heterocycles. The van der Waals surface area contributed by atoms with Crippen molar-refractivity contribution in [2.45, 2.75) is 6.61 Å². The standard InChI is InChI=1S/C19H21ClN4O2/c1-26-18-8-13(12-25)15(9-16(18)20)17-11-24-10-14(2-3-19(24)22-17)23-6-4-21-5-7-23/h2-3,8-11,21,25H,4-7,12H2,1H3. The summed E-state index contributed by atoms with van der Waals surface area (Å²) in [6, 6.07) is 7.68. The minimum absolute atomic E-state index is 0.108. The molecule has 1 aromatic carbocycles. The van der Waals surface area contributed by atoms with Crippen LogP contribution >= 0.6 is 11.6 Å². The molecule has 4 rings (SSSR count). The molecule has 0 unspecified atom stereocenters. The van der Waals surface area contributed by atoms with E-state index in [2.05, 4.69) is 22.5 Å². The van der Waals surface area contributed by atoms with Gasteiger partial charge in [0, 0.05) is 44.1 Å². The maximum Gasteiger partial charge on any atom is 0.137 e. The van der Waals surface area contributed by atoms with Crippen LogP contribution in [0.15, 0.2) is 36.7 Å². The highest BCUT2D eigenvalue weighted by Gasteiger charge is 2.15. The number of halogens is 1. The maximum atomic E-state index is 9.73. The van der Waals surface area contributed by atoms with Crippen molar-refractivity contribution in [3.8, 4) is 17.0 Å². The molecule has 3 aromatic rings. The van der Waals surface area contributed by atoms with Crippen molar-refractivity contribution >= 4 is 22.9 Å². The fraction of sp³-hybridized carbons (Fsp3) is 0.316. The van der Waals surface area contributed by atoms with Crippen molar-refractivity contribution in [1.29, 1.82) is 0 Å². The lowest BCUT2D eigenvalue weighted by Gasteiger charge is -2.29. The second-order valence-corrected chi connectivity index (χ2v) is 6.73. The van der Waals surface area contributed by atoms with Crippen LogP contribution in [0.4, 0.5) is 5.69 Å². The van der Waals surface area contributed by atoms with Crippen LogP contribution in [-0.4, -0.2) is 47.8 Å². The number of aromatic nitrogens is 2. The number of anilines is 1. The van der Waals surface area contributed by atoms with Crippen LogP contribution in [-0.2, 0) is 6.61 Å². The van der Waals surface area contributed by atoms with E-state index in [0.717, 1.165) is 48.6 Å². The monoisotopic (exact) mass is 372 g/mol. The third-order valence-electron chi connectivity index (χ3n) is 4.74. The molecule has 1 fully saturated rings. The van der Waals surface area contributed by atoms with Crippen LogP contribution < -0.4 is 15.0 Å². The van der Waals surface area contributed by atoms with Gasteiger partial charge >= 0.3 is 0 Å². The second-order valence-electron chi connectivity index (χ2n) is 6.32. The summed E-state index contributed by atoms with van der Waals surface area (Å²) in [6.07, 6.45) is 4.07. The minimum Gasteiger partial charge on any atom is -0.495 e. The lowest BCUT2D eigenvalue weighted by molar-refractivity contribution is 0.281. The predicted octanol–water partition coefficient (Wildman–Crippen LogP) is 2.57. The number of pyridine rings is 1. The lowest BCUT2D eigenvalue weighted by Crippen LogP contribution is -2.43. The fourth-order valence-electron chi connectivity index (χ4n) is 3.34. The molecule has 26 heavy (non-hydrogen) atoms. The van der Waals surface area contributed by atoms with E-state index in [-0.39, 0.29) is 6.61 Å². The first-order chi connectivity index (χ1) is 12.7. The Labute approximate surface area is 157 Å². The fourth-order valence-corrected chi connectivity index (χ4v) is 3.58. The number of rotatable bonds is 4. The number of hydrogen-bond donors (Lipinski definition) is 2. The van der Waals surface area contributed by atoms with E-state index in [1.54, 1.807) is 19.2 Å². The first-order valence-electron chi connectivity index (χ1n) is 8.61. The van der Waals surface area contributed by atoms with Crippen LogP contribution in [0.25, 0.3) is 16.9 Å². The molecule has 136 valence electrons. The highest BCUT2D eigenvalue weighted by molar-refractivity contribution is 6.32. The van der Waals surface area contributed by atoms with Crippen LogP contribution in [0.5, 0.6) is 5.75 Å². The molecule has 0 aliphatic carbocycles. The first kappa shape index (κ1) is 17.1. The van der Waals surface area contributed by atoms with Crippen molar-refractivity contribution in [3.05, 3.63) is 47.2 Å². The van der Waals surface area contributed by atoms with E-state index in [1.165, 1.54) is 5.69 Å². The molecule has 0 radical (unpaired) electrons. The molecule has 1 aliphatic heterocycles. The van der Waals surface area contributed by atoms with E-state index in [1.807, 2.05) is 16.7 Å². The number of benzene rings is 1. The van der Waals surface area contributed by atoms with Crippen molar-refractivity contribution in [2.24, 2.45) is 0 Å². The maximum absolute atomic E-state index is 9.73. The molecule has 0 saturated carbocycles. The minimum atomic E-state index is -0.108. The average Bonchev–Trinajstić information content (AvgIpc) is 3.11. The van der Waals surface area contributed by atoms with E-state index in [9.17, 15) is 5.11 Å². The van der Waals surface area contributed by atoms with Gasteiger partial charge in [-0.25, -0.2) is 4.98 Å². The highest BCUT2D eigenvalue weighted by atomic mass is 35.5. The summed E-state index contributed by atoms with van der Waals surface area (Å²) in [5.74, 6) is 0.546. The first-order valence-corrected chi connectivity index (χ1v) is 8.99. The van der Waals surface area contributed by atoms with Crippen molar-refractivity contribution in [2.75, 3.05) is 38.2 Å². The summed E-state index contributed by atoms with van der Waals surface area (Å²) in [5, 5.41) is 13.6. The number of ether oxygens (including phenoxy) is 1. The zero-order valence-corrected chi connectivity index (χ0v) is 15.3. The van der Waals surface area contributed by atoms with Gasteiger partial charge in [-0.3, -0.25) is 0 Å². The largest absolute Gasteiger partial charge is 0.495 e.